The van der Waals surface area contributed by atoms with Gasteiger partial charge in [0.2, 0.25) is 10.0 Å². The summed E-state index contributed by atoms with van der Waals surface area (Å²) in [6.45, 7) is 0.422. The molecule has 1 aliphatic rings. The number of nitrogens with zero attached hydrogens (tertiary/aromatic N) is 1. The van der Waals surface area contributed by atoms with E-state index in [2.05, 4.69) is 0 Å². The molecule has 0 aliphatic heterocycles. The number of carboxylic acid groups (broad SMARTS) is 1. The Morgan fingerprint density at radius 3 is 2.60 bits per heavy atom. The molecule has 1 saturated carbocycles. The number of hydrogen-bond donors (Lipinski definition) is 2. The molecule has 2 rings (SSSR count). The Morgan fingerprint density at radius 2 is 2.10 bits per heavy atom. The number of anilines is 1. The van der Waals surface area contributed by atoms with E-state index in [1.807, 2.05) is 0 Å². The highest BCUT2D eigenvalue weighted by atomic mass is 32.2. The average molecular weight is 298 g/mol. The fourth-order valence-electron chi connectivity index (χ4n) is 2.24. The Balaban J connectivity index is 2.35. The molecule has 7 heteroatoms. The van der Waals surface area contributed by atoms with Gasteiger partial charge in [-0.15, -0.1) is 0 Å². The predicted octanol–water partition coefficient (Wildman–Crippen LogP) is 1.39. The standard InChI is InChI=1S/C13H18N2O4S/c1-15(8-9-3-2-4-9)20(18,19)12-6-5-10(14)7-11(12)13(16)17/h5-7,9H,2-4,8,14H2,1H3,(H,16,17). The van der Waals surface area contributed by atoms with Gasteiger partial charge in [0.05, 0.1) is 10.5 Å². The van der Waals surface area contributed by atoms with Crippen LogP contribution in [0.5, 0.6) is 0 Å². The summed E-state index contributed by atoms with van der Waals surface area (Å²) in [5, 5.41) is 9.14. The van der Waals surface area contributed by atoms with Crippen LogP contribution in [0.3, 0.4) is 0 Å². The van der Waals surface area contributed by atoms with Gasteiger partial charge in [-0.25, -0.2) is 17.5 Å². The third-order valence-corrected chi connectivity index (χ3v) is 5.54. The topological polar surface area (TPSA) is 101 Å². The van der Waals surface area contributed by atoms with Crippen LogP contribution in [0, 0.1) is 5.92 Å². The molecule has 6 nitrogen and oxygen atoms in total. The van der Waals surface area contributed by atoms with Crippen LogP contribution in [0.15, 0.2) is 23.1 Å². The fraction of sp³-hybridized carbons (Fsp3) is 0.462. The third kappa shape index (κ3) is 2.78. The van der Waals surface area contributed by atoms with Gasteiger partial charge in [-0.05, 0) is 37.0 Å². The molecule has 20 heavy (non-hydrogen) atoms. The number of benzene rings is 1. The largest absolute Gasteiger partial charge is 0.478 e. The molecule has 0 bridgehead atoms. The molecule has 0 radical (unpaired) electrons. The number of nitrogen functional groups attached to an aromatic ring is 1. The van der Waals surface area contributed by atoms with E-state index in [0.29, 0.717) is 12.5 Å². The Kier molecular flexibility index (Phi) is 4.01. The van der Waals surface area contributed by atoms with Gasteiger partial charge in [-0.3, -0.25) is 0 Å². The molecule has 0 aromatic heterocycles. The summed E-state index contributed by atoms with van der Waals surface area (Å²) < 4.78 is 26.2. The summed E-state index contributed by atoms with van der Waals surface area (Å²) in [5.41, 5.74) is 5.46. The quantitative estimate of drug-likeness (QED) is 0.800. The lowest BCUT2D eigenvalue weighted by atomic mass is 9.86. The van der Waals surface area contributed by atoms with Crippen LogP contribution in [0.4, 0.5) is 5.69 Å². The summed E-state index contributed by atoms with van der Waals surface area (Å²) in [4.78, 5) is 11.0. The lowest BCUT2D eigenvalue weighted by Crippen LogP contribution is -2.35. The summed E-state index contributed by atoms with van der Waals surface area (Å²) in [5.74, 6) is -0.926. The van der Waals surface area contributed by atoms with E-state index in [-0.39, 0.29) is 16.1 Å². The Bertz CT molecular complexity index is 623. The first kappa shape index (κ1) is 14.8. The minimum Gasteiger partial charge on any atom is -0.478 e. The second-order valence-corrected chi connectivity index (χ2v) is 7.16. The molecule has 0 atom stereocenters. The minimum absolute atomic E-state index is 0.207. The summed E-state index contributed by atoms with van der Waals surface area (Å²) >= 11 is 0. The zero-order valence-corrected chi connectivity index (χ0v) is 12.1. The first-order valence-corrected chi connectivity index (χ1v) is 7.85. The highest BCUT2D eigenvalue weighted by Gasteiger charge is 2.29. The molecular formula is C13H18N2O4S. The summed E-state index contributed by atoms with van der Waals surface area (Å²) in [7, 11) is -2.32. The monoisotopic (exact) mass is 298 g/mol. The molecule has 0 heterocycles. The molecule has 110 valence electrons. The highest BCUT2D eigenvalue weighted by molar-refractivity contribution is 7.89. The van der Waals surface area contributed by atoms with Crippen molar-refractivity contribution in [2.45, 2.75) is 24.2 Å². The van der Waals surface area contributed by atoms with Crippen molar-refractivity contribution in [3.8, 4) is 0 Å². The van der Waals surface area contributed by atoms with E-state index in [0.717, 1.165) is 19.3 Å². The SMILES string of the molecule is CN(CC1CCC1)S(=O)(=O)c1ccc(N)cc1C(=O)O. The van der Waals surface area contributed by atoms with Gasteiger partial charge in [0.1, 0.15) is 0 Å². The second-order valence-electron chi connectivity index (χ2n) is 5.14. The fourth-order valence-corrected chi connectivity index (χ4v) is 3.65. The van der Waals surface area contributed by atoms with E-state index in [1.165, 1.54) is 29.6 Å². The molecule has 1 aromatic rings. The van der Waals surface area contributed by atoms with Gasteiger partial charge in [-0.1, -0.05) is 6.42 Å². The van der Waals surface area contributed by atoms with Gasteiger partial charge in [0, 0.05) is 19.3 Å². The molecule has 3 N–H and O–H groups in total. The molecule has 1 aliphatic carbocycles. The Morgan fingerprint density at radius 1 is 1.45 bits per heavy atom. The van der Waals surface area contributed by atoms with E-state index in [1.54, 1.807) is 0 Å². The van der Waals surface area contributed by atoms with Crippen molar-refractivity contribution in [1.82, 2.24) is 4.31 Å². The van der Waals surface area contributed by atoms with Crippen molar-refractivity contribution in [2.75, 3.05) is 19.3 Å². The number of nitrogens with two attached hydrogens (primary N) is 1. The lowest BCUT2D eigenvalue weighted by Gasteiger charge is -2.29. The van der Waals surface area contributed by atoms with Crippen LogP contribution < -0.4 is 5.73 Å². The molecule has 0 spiro atoms. The van der Waals surface area contributed by atoms with Crippen LogP contribution in [0.1, 0.15) is 29.6 Å². The van der Waals surface area contributed by atoms with Crippen molar-refractivity contribution in [2.24, 2.45) is 5.92 Å². The zero-order valence-electron chi connectivity index (χ0n) is 11.2. The molecule has 1 aromatic carbocycles. The van der Waals surface area contributed by atoms with Gasteiger partial charge < -0.3 is 10.8 Å². The van der Waals surface area contributed by atoms with Gasteiger partial charge in [-0.2, -0.15) is 0 Å². The van der Waals surface area contributed by atoms with E-state index in [4.69, 9.17) is 10.8 Å². The molecule has 0 unspecified atom stereocenters. The van der Waals surface area contributed by atoms with Gasteiger partial charge in [0.25, 0.3) is 0 Å². The maximum atomic E-state index is 12.5. The van der Waals surface area contributed by atoms with Crippen molar-refractivity contribution >= 4 is 21.7 Å². The van der Waals surface area contributed by atoms with Crippen LogP contribution >= 0.6 is 0 Å². The van der Waals surface area contributed by atoms with Crippen LogP contribution in [0.2, 0.25) is 0 Å². The highest BCUT2D eigenvalue weighted by Crippen LogP contribution is 2.29. The maximum absolute atomic E-state index is 12.5. The van der Waals surface area contributed by atoms with Crippen molar-refractivity contribution < 1.29 is 18.3 Å². The Labute approximate surface area is 118 Å². The van der Waals surface area contributed by atoms with Crippen molar-refractivity contribution in [1.29, 1.82) is 0 Å². The second kappa shape index (κ2) is 5.41. The normalized spacial score (nSPS) is 16.1. The van der Waals surface area contributed by atoms with E-state index in [9.17, 15) is 13.2 Å². The van der Waals surface area contributed by atoms with Gasteiger partial charge in [0.15, 0.2) is 0 Å². The first-order valence-electron chi connectivity index (χ1n) is 6.41. The van der Waals surface area contributed by atoms with Crippen molar-refractivity contribution in [3.63, 3.8) is 0 Å². The third-order valence-electron chi connectivity index (χ3n) is 3.66. The van der Waals surface area contributed by atoms with Crippen LogP contribution in [-0.2, 0) is 10.0 Å². The summed E-state index contributed by atoms with van der Waals surface area (Å²) in [6, 6.07) is 3.83. The number of rotatable bonds is 5. The van der Waals surface area contributed by atoms with E-state index >= 15 is 0 Å². The molecule has 0 amide bonds. The summed E-state index contributed by atoms with van der Waals surface area (Å²) in [6.07, 6.45) is 3.17. The Hall–Kier alpha value is -1.60. The van der Waals surface area contributed by atoms with Crippen molar-refractivity contribution in [3.05, 3.63) is 23.8 Å². The number of carboxylic acids is 1. The first-order chi connectivity index (χ1) is 9.32. The number of hydrogen-bond acceptors (Lipinski definition) is 4. The maximum Gasteiger partial charge on any atom is 0.337 e. The van der Waals surface area contributed by atoms with Gasteiger partial charge >= 0.3 is 5.97 Å². The van der Waals surface area contributed by atoms with E-state index < -0.39 is 16.0 Å². The average Bonchev–Trinajstić information content (AvgIpc) is 2.32. The number of sulfonamides is 1. The molecule has 0 saturated heterocycles. The van der Waals surface area contributed by atoms with Crippen LogP contribution in [-0.4, -0.2) is 37.4 Å². The number of aromatic carboxylic acids is 1. The molecular weight excluding hydrogens is 280 g/mol. The van der Waals surface area contributed by atoms with Crippen LogP contribution in [0.25, 0.3) is 0 Å². The molecule has 1 fully saturated rings. The zero-order chi connectivity index (χ0) is 14.9. The smallest absolute Gasteiger partial charge is 0.337 e. The number of carbonyl (C=O) groups is 1. The lowest BCUT2D eigenvalue weighted by molar-refractivity contribution is 0.0692. The minimum atomic E-state index is -3.81. The predicted molar refractivity (Wildman–Crippen MR) is 75.0 cm³/mol.